The third-order valence-corrected chi connectivity index (χ3v) is 4.80. The van der Waals surface area contributed by atoms with E-state index < -0.39 is 0 Å². The van der Waals surface area contributed by atoms with Crippen molar-refractivity contribution in [3.63, 3.8) is 0 Å². The fraction of sp³-hybridized carbons (Fsp3) is 0.643. The summed E-state index contributed by atoms with van der Waals surface area (Å²) in [6.45, 7) is 6.94. The molecule has 1 fully saturated rings. The Labute approximate surface area is 125 Å². The zero-order valence-corrected chi connectivity index (χ0v) is 13.2. The molecule has 1 aliphatic rings. The van der Waals surface area contributed by atoms with Gasteiger partial charge in [0.25, 0.3) is 0 Å². The van der Waals surface area contributed by atoms with Crippen LogP contribution in [0.2, 0.25) is 0 Å². The van der Waals surface area contributed by atoms with Crippen molar-refractivity contribution in [2.45, 2.75) is 32.1 Å². The first kappa shape index (κ1) is 16.5. The van der Waals surface area contributed by atoms with Crippen LogP contribution in [0.4, 0.5) is 0 Å². The second-order valence-electron chi connectivity index (χ2n) is 5.62. The van der Waals surface area contributed by atoms with Gasteiger partial charge >= 0.3 is 0 Å². The van der Waals surface area contributed by atoms with E-state index in [9.17, 15) is 4.79 Å². The number of carbonyl (C=O) groups excluding carboxylic acids is 1. The number of carbonyl (C=O) groups is 1. The Kier molecular flexibility index (Phi) is 6.30. The molecule has 108 valence electrons. The standard InChI is InChI=1S/C14H22N2OS.ClH/c1-14(2,12-6-4-8-18-12)10-16-13(17)11-5-3-7-15-9-11;/h4,6,8,11,15H,3,5,7,9-10H2,1-2H3,(H,16,17);1H/t11-;/m1./s1. The monoisotopic (exact) mass is 302 g/mol. The number of hydrogen-bond donors (Lipinski definition) is 2. The highest BCUT2D eigenvalue weighted by Crippen LogP contribution is 2.26. The number of piperidine rings is 1. The molecule has 0 saturated carbocycles. The predicted molar refractivity (Wildman–Crippen MR) is 83.2 cm³/mol. The Balaban J connectivity index is 0.00000180. The molecule has 0 spiro atoms. The van der Waals surface area contributed by atoms with Crippen LogP contribution in [0, 0.1) is 5.92 Å². The normalized spacial score (nSPS) is 19.6. The van der Waals surface area contributed by atoms with Gasteiger partial charge in [-0.25, -0.2) is 0 Å². The maximum Gasteiger partial charge on any atom is 0.224 e. The summed E-state index contributed by atoms with van der Waals surface area (Å²) >= 11 is 1.75. The van der Waals surface area contributed by atoms with Gasteiger partial charge in [-0.3, -0.25) is 4.79 Å². The van der Waals surface area contributed by atoms with Crippen molar-refractivity contribution in [3.8, 4) is 0 Å². The first-order valence-electron chi connectivity index (χ1n) is 6.62. The van der Waals surface area contributed by atoms with Gasteiger partial charge in [0.05, 0.1) is 5.92 Å². The third kappa shape index (κ3) is 4.48. The number of halogens is 1. The molecule has 0 aromatic carbocycles. The summed E-state index contributed by atoms with van der Waals surface area (Å²) in [5, 5.41) is 8.48. The third-order valence-electron chi connectivity index (χ3n) is 3.56. The van der Waals surface area contributed by atoms with Crippen molar-refractivity contribution in [1.29, 1.82) is 0 Å². The molecular weight excluding hydrogens is 280 g/mol. The van der Waals surface area contributed by atoms with E-state index >= 15 is 0 Å². The molecule has 0 aliphatic carbocycles. The van der Waals surface area contributed by atoms with Crippen LogP contribution in [0.25, 0.3) is 0 Å². The summed E-state index contributed by atoms with van der Waals surface area (Å²) in [6, 6.07) is 4.20. The number of hydrogen-bond acceptors (Lipinski definition) is 3. The van der Waals surface area contributed by atoms with E-state index in [4.69, 9.17) is 0 Å². The minimum Gasteiger partial charge on any atom is -0.355 e. The van der Waals surface area contributed by atoms with Gasteiger partial charge in [0.1, 0.15) is 0 Å². The molecule has 2 N–H and O–H groups in total. The summed E-state index contributed by atoms with van der Waals surface area (Å²) in [5.74, 6) is 0.352. The van der Waals surface area contributed by atoms with Crippen LogP contribution >= 0.6 is 23.7 Å². The lowest BCUT2D eigenvalue weighted by molar-refractivity contribution is -0.125. The van der Waals surface area contributed by atoms with Gasteiger partial charge in [-0.15, -0.1) is 23.7 Å². The van der Waals surface area contributed by atoms with Gasteiger partial charge in [0.15, 0.2) is 0 Å². The van der Waals surface area contributed by atoms with Crippen molar-refractivity contribution < 1.29 is 4.79 Å². The lowest BCUT2D eigenvalue weighted by Crippen LogP contribution is -2.44. The Hall–Kier alpha value is -0.580. The Morgan fingerprint density at radius 3 is 2.95 bits per heavy atom. The quantitative estimate of drug-likeness (QED) is 0.897. The fourth-order valence-electron chi connectivity index (χ4n) is 2.28. The van der Waals surface area contributed by atoms with E-state index in [1.807, 2.05) is 0 Å². The lowest BCUT2D eigenvalue weighted by atomic mass is 9.90. The van der Waals surface area contributed by atoms with Gasteiger partial charge in [-0.1, -0.05) is 19.9 Å². The van der Waals surface area contributed by atoms with Crippen LogP contribution in [0.1, 0.15) is 31.6 Å². The van der Waals surface area contributed by atoms with Crippen LogP contribution in [0.5, 0.6) is 0 Å². The molecule has 3 nitrogen and oxygen atoms in total. The van der Waals surface area contributed by atoms with Gasteiger partial charge in [-0.2, -0.15) is 0 Å². The largest absolute Gasteiger partial charge is 0.355 e. The summed E-state index contributed by atoms with van der Waals surface area (Å²) < 4.78 is 0. The summed E-state index contributed by atoms with van der Waals surface area (Å²) in [7, 11) is 0. The molecule has 0 radical (unpaired) electrons. The topological polar surface area (TPSA) is 41.1 Å². The number of rotatable bonds is 4. The van der Waals surface area contributed by atoms with Gasteiger partial charge in [0.2, 0.25) is 5.91 Å². The van der Waals surface area contributed by atoms with Crippen molar-refractivity contribution in [2.75, 3.05) is 19.6 Å². The molecule has 1 aliphatic heterocycles. The second-order valence-corrected chi connectivity index (χ2v) is 6.57. The average molecular weight is 303 g/mol. The number of nitrogens with one attached hydrogen (secondary N) is 2. The van der Waals surface area contributed by atoms with Gasteiger partial charge in [0, 0.05) is 23.4 Å². The molecule has 0 unspecified atom stereocenters. The molecule has 1 aromatic rings. The Morgan fingerprint density at radius 1 is 1.58 bits per heavy atom. The Morgan fingerprint density at radius 2 is 2.37 bits per heavy atom. The molecule has 5 heteroatoms. The smallest absolute Gasteiger partial charge is 0.224 e. The van der Waals surface area contributed by atoms with E-state index in [0.717, 1.165) is 25.9 Å². The fourth-order valence-corrected chi connectivity index (χ4v) is 3.13. The molecule has 19 heavy (non-hydrogen) atoms. The minimum absolute atomic E-state index is 0. The lowest BCUT2D eigenvalue weighted by Gasteiger charge is -2.27. The second kappa shape index (κ2) is 7.27. The van der Waals surface area contributed by atoms with Crippen LogP contribution in [-0.2, 0) is 10.2 Å². The van der Waals surface area contributed by atoms with Crippen LogP contribution in [0.3, 0.4) is 0 Å². The van der Waals surface area contributed by atoms with Crippen molar-refractivity contribution in [2.24, 2.45) is 5.92 Å². The van der Waals surface area contributed by atoms with Gasteiger partial charge in [-0.05, 0) is 30.8 Å². The number of amides is 1. The molecule has 1 amide bonds. The molecule has 0 bridgehead atoms. The van der Waals surface area contributed by atoms with Crippen molar-refractivity contribution in [3.05, 3.63) is 22.4 Å². The first-order valence-corrected chi connectivity index (χ1v) is 7.50. The van der Waals surface area contributed by atoms with E-state index in [1.165, 1.54) is 4.88 Å². The molecule has 1 atom stereocenters. The van der Waals surface area contributed by atoms with E-state index in [-0.39, 0.29) is 29.6 Å². The minimum atomic E-state index is 0. The van der Waals surface area contributed by atoms with Crippen LogP contribution < -0.4 is 10.6 Å². The Bertz CT molecular complexity index is 386. The maximum absolute atomic E-state index is 12.1. The van der Waals surface area contributed by atoms with E-state index in [2.05, 4.69) is 42.0 Å². The van der Waals surface area contributed by atoms with E-state index in [0.29, 0.717) is 6.54 Å². The highest BCUT2D eigenvalue weighted by Gasteiger charge is 2.25. The average Bonchev–Trinajstić information content (AvgIpc) is 2.92. The highest BCUT2D eigenvalue weighted by atomic mass is 35.5. The number of thiophene rings is 1. The maximum atomic E-state index is 12.1. The first-order chi connectivity index (χ1) is 8.59. The van der Waals surface area contributed by atoms with Gasteiger partial charge < -0.3 is 10.6 Å². The predicted octanol–water partition coefficient (Wildman–Crippen LogP) is 2.56. The van der Waals surface area contributed by atoms with E-state index in [1.54, 1.807) is 11.3 Å². The summed E-state index contributed by atoms with van der Waals surface area (Å²) in [5.41, 5.74) is 0.0198. The molecule has 1 aromatic heterocycles. The zero-order valence-electron chi connectivity index (χ0n) is 11.6. The molecule has 2 heterocycles. The summed E-state index contributed by atoms with van der Waals surface area (Å²) in [6.07, 6.45) is 2.12. The molecule has 2 rings (SSSR count). The SMILES string of the molecule is CC(C)(CNC(=O)[C@@H]1CCCNC1)c1cccs1.Cl. The molecule has 1 saturated heterocycles. The van der Waals surface area contributed by atoms with Crippen molar-refractivity contribution >= 4 is 29.7 Å². The molecular formula is C14H23ClN2OS. The van der Waals surface area contributed by atoms with Crippen LogP contribution in [-0.4, -0.2) is 25.5 Å². The summed E-state index contributed by atoms with van der Waals surface area (Å²) in [4.78, 5) is 13.4. The van der Waals surface area contributed by atoms with Crippen LogP contribution in [0.15, 0.2) is 17.5 Å². The zero-order chi connectivity index (χ0) is 13.0. The highest BCUT2D eigenvalue weighted by molar-refractivity contribution is 7.10. The van der Waals surface area contributed by atoms with Crippen molar-refractivity contribution in [1.82, 2.24) is 10.6 Å².